The minimum absolute atomic E-state index is 0.637. The Hall–Kier alpha value is -4.25. The maximum atomic E-state index is 8.91. The molecule has 29 heavy (non-hydrogen) atoms. The zero-order chi connectivity index (χ0) is 20.1. The Morgan fingerprint density at radius 2 is 0.966 bits per heavy atom. The Labute approximate surface area is 171 Å². The summed E-state index contributed by atoms with van der Waals surface area (Å²) in [4.78, 5) is 0. The summed E-state index contributed by atoms with van der Waals surface area (Å²) in [6, 6.07) is 29.9. The lowest BCUT2D eigenvalue weighted by atomic mass is 9.99. The molecule has 0 aliphatic heterocycles. The van der Waals surface area contributed by atoms with Crippen LogP contribution in [0.1, 0.15) is 33.4 Å². The largest absolute Gasteiger partial charge is 0.192 e. The van der Waals surface area contributed by atoms with E-state index in [1.165, 1.54) is 5.56 Å². The van der Waals surface area contributed by atoms with Gasteiger partial charge in [0, 0.05) is 22.3 Å². The molecule has 0 bridgehead atoms. The number of fused-ring (bicyclic) bond motifs is 1. The first-order chi connectivity index (χ1) is 14.2. The van der Waals surface area contributed by atoms with Crippen molar-refractivity contribution in [3.05, 3.63) is 118 Å². The molecule has 4 aromatic rings. The summed E-state index contributed by atoms with van der Waals surface area (Å²) in [7, 11) is 0. The molecule has 0 amide bonds. The second-order valence-electron chi connectivity index (χ2n) is 6.76. The van der Waals surface area contributed by atoms with Gasteiger partial charge in [0.15, 0.2) is 0 Å². The number of nitriles is 1. The number of hydrogen-bond donors (Lipinski definition) is 0. The summed E-state index contributed by atoms with van der Waals surface area (Å²) in [6.45, 7) is 2.07. The molecule has 134 valence electrons. The van der Waals surface area contributed by atoms with E-state index in [1.54, 1.807) is 12.1 Å². The van der Waals surface area contributed by atoms with E-state index in [9.17, 15) is 0 Å². The summed E-state index contributed by atoms with van der Waals surface area (Å²) >= 11 is 0. The molecule has 0 aliphatic rings. The van der Waals surface area contributed by atoms with Gasteiger partial charge in [-0.05, 0) is 66.2 Å². The average Bonchev–Trinajstić information content (AvgIpc) is 2.78. The van der Waals surface area contributed by atoms with Crippen molar-refractivity contribution in [3.63, 3.8) is 0 Å². The van der Waals surface area contributed by atoms with Gasteiger partial charge in [0.1, 0.15) is 0 Å². The minimum Gasteiger partial charge on any atom is -0.192 e. The third kappa shape index (κ3) is 4.20. The summed E-state index contributed by atoms with van der Waals surface area (Å²) in [6.07, 6.45) is 0. The van der Waals surface area contributed by atoms with E-state index in [-0.39, 0.29) is 0 Å². The second kappa shape index (κ2) is 8.19. The highest BCUT2D eigenvalue weighted by atomic mass is 14.2. The van der Waals surface area contributed by atoms with E-state index in [2.05, 4.69) is 60.9 Å². The Morgan fingerprint density at radius 3 is 1.45 bits per heavy atom. The molecule has 0 atom stereocenters. The molecule has 0 aliphatic carbocycles. The van der Waals surface area contributed by atoms with Gasteiger partial charge in [-0.25, -0.2) is 0 Å². The van der Waals surface area contributed by atoms with Crippen LogP contribution in [-0.2, 0) is 0 Å². The van der Waals surface area contributed by atoms with E-state index in [4.69, 9.17) is 5.26 Å². The molecule has 0 unspecified atom stereocenters. The fraction of sp³-hybridized carbons (Fsp3) is 0.0357. The molecule has 0 radical (unpaired) electrons. The molecule has 1 nitrogen and oxygen atoms in total. The monoisotopic (exact) mass is 367 g/mol. The van der Waals surface area contributed by atoms with Gasteiger partial charge >= 0.3 is 0 Å². The summed E-state index contributed by atoms with van der Waals surface area (Å²) in [5, 5.41) is 11.1. The number of rotatable bonds is 0. The van der Waals surface area contributed by atoms with E-state index in [1.807, 2.05) is 48.5 Å². The highest BCUT2D eigenvalue weighted by Crippen LogP contribution is 2.22. The van der Waals surface area contributed by atoms with Crippen LogP contribution in [0, 0.1) is 41.9 Å². The fourth-order valence-electron chi connectivity index (χ4n) is 3.06. The number of hydrogen-bond acceptors (Lipinski definition) is 1. The fourth-order valence-corrected chi connectivity index (χ4v) is 3.06. The Balaban J connectivity index is 1.72. The molecule has 4 rings (SSSR count). The smallest absolute Gasteiger partial charge is 0.0991 e. The number of aryl methyl sites for hydroxylation is 1. The van der Waals surface area contributed by atoms with Crippen LogP contribution < -0.4 is 0 Å². The van der Waals surface area contributed by atoms with E-state index in [0.29, 0.717) is 5.56 Å². The van der Waals surface area contributed by atoms with E-state index < -0.39 is 0 Å². The zero-order valence-electron chi connectivity index (χ0n) is 16.0. The Morgan fingerprint density at radius 1 is 0.517 bits per heavy atom. The predicted molar refractivity (Wildman–Crippen MR) is 118 cm³/mol. The van der Waals surface area contributed by atoms with Crippen molar-refractivity contribution >= 4 is 10.8 Å². The zero-order valence-corrected chi connectivity index (χ0v) is 16.0. The van der Waals surface area contributed by atoms with Gasteiger partial charge in [0.05, 0.1) is 11.6 Å². The van der Waals surface area contributed by atoms with Crippen molar-refractivity contribution in [1.82, 2.24) is 0 Å². The topological polar surface area (TPSA) is 23.8 Å². The summed E-state index contributed by atoms with van der Waals surface area (Å²) < 4.78 is 0. The van der Waals surface area contributed by atoms with Crippen molar-refractivity contribution in [3.8, 4) is 29.8 Å². The van der Waals surface area contributed by atoms with Crippen molar-refractivity contribution < 1.29 is 0 Å². The predicted octanol–water partition coefficient (Wildman–Crippen LogP) is 5.82. The van der Waals surface area contributed by atoms with E-state index >= 15 is 0 Å². The molecule has 4 aromatic carbocycles. The van der Waals surface area contributed by atoms with Crippen LogP contribution in [0.15, 0.2) is 84.9 Å². The van der Waals surface area contributed by atoms with Gasteiger partial charge in [0.2, 0.25) is 0 Å². The maximum absolute atomic E-state index is 8.91. The standard InChI is InChI=1S/C28H17N/c1-21-6-8-22(9-7-21)14-16-25-18-19-26(28-5-3-2-4-27(25)28)17-15-23-10-12-24(20-29)13-11-23/h2-13,18-19H,1H3. The van der Waals surface area contributed by atoms with Crippen molar-refractivity contribution in [1.29, 1.82) is 5.26 Å². The molecule has 0 N–H and O–H groups in total. The van der Waals surface area contributed by atoms with Gasteiger partial charge in [-0.3, -0.25) is 0 Å². The van der Waals surface area contributed by atoms with Crippen molar-refractivity contribution in [2.45, 2.75) is 6.92 Å². The summed E-state index contributed by atoms with van der Waals surface area (Å²) in [5.41, 5.74) is 5.71. The van der Waals surface area contributed by atoms with Crippen molar-refractivity contribution in [2.24, 2.45) is 0 Å². The van der Waals surface area contributed by atoms with Crippen LogP contribution in [-0.4, -0.2) is 0 Å². The lowest BCUT2D eigenvalue weighted by Crippen LogP contribution is -1.85. The first-order valence-electron chi connectivity index (χ1n) is 9.35. The molecular weight excluding hydrogens is 350 g/mol. The average molecular weight is 367 g/mol. The summed E-state index contributed by atoms with van der Waals surface area (Å²) in [5.74, 6) is 13.0. The molecule has 0 saturated carbocycles. The Bertz CT molecular complexity index is 1340. The molecule has 0 heterocycles. The Kier molecular flexibility index (Phi) is 5.12. The van der Waals surface area contributed by atoms with Crippen LogP contribution in [0.5, 0.6) is 0 Å². The third-order valence-corrected chi connectivity index (χ3v) is 4.67. The molecule has 0 aromatic heterocycles. The lowest BCUT2D eigenvalue weighted by molar-refractivity contribution is 1.46. The normalized spacial score (nSPS) is 9.66. The molecular formula is C28H17N. The molecule has 1 heteroatoms. The molecule has 0 saturated heterocycles. The van der Waals surface area contributed by atoms with Crippen LogP contribution in [0.25, 0.3) is 10.8 Å². The minimum atomic E-state index is 0.637. The third-order valence-electron chi connectivity index (χ3n) is 4.67. The van der Waals surface area contributed by atoms with Gasteiger partial charge in [-0.1, -0.05) is 65.6 Å². The lowest BCUT2D eigenvalue weighted by Gasteiger charge is -2.03. The van der Waals surface area contributed by atoms with Gasteiger partial charge in [-0.15, -0.1) is 0 Å². The highest BCUT2D eigenvalue weighted by molar-refractivity contribution is 5.93. The van der Waals surface area contributed by atoms with Crippen LogP contribution in [0.2, 0.25) is 0 Å². The number of nitrogens with zero attached hydrogens (tertiary/aromatic N) is 1. The van der Waals surface area contributed by atoms with Crippen LogP contribution in [0.3, 0.4) is 0 Å². The van der Waals surface area contributed by atoms with Crippen molar-refractivity contribution in [2.75, 3.05) is 0 Å². The highest BCUT2D eigenvalue weighted by Gasteiger charge is 2.02. The quantitative estimate of drug-likeness (QED) is 0.359. The SMILES string of the molecule is Cc1ccc(C#Cc2ccc(C#Cc3ccc(C#N)cc3)c3ccccc23)cc1. The first kappa shape index (κ1) is 18.1. The molecule has 0 fully saturated rings. The van der Waals surface area contributed by atoms with Gasteiger partial charge in [-0.2, -0.15) is 5.26 Å². The molecule has 0 spiro atoms. The first-order valence-corrected chi connectivity index (χ1v) is 9.35. The van der Waals surface area contributed by atoms with Gasteiger partial charge < -0.3 is 0 Å². The van der Waals surface area contributed by atoms with Crippen LogP contribution >= 0.6 is 0 Å². The number of benzene rings is 4. The maximum Gasteiger partial charge on any atom is 0.0991 e. The second-order valence-corrected chi connectivity index (χ2v) is 6.76. The van der Waals surface area contributed by atoms with Gasteiger partial charge in [0.25, 0.3) is 0 Å². The van der Waals surface area contributed by atoms with Crippen LogP contribution in [0.4, 0.5) is 0 Å². The van der Waals surface area contributed by atoms with E-state index in [0.717, 1.165) is 33.0 Å².